The van der Waals surface area contributed by atoms with Crippen molar-refractivity contribution in [3.05, 3.63) is 11.6 Å². The van der Waals surface area contributed by atoms with E-state index in [0.717, 1.165) is 5.57 Å². The highest BCUT2D eigenvalue weighted by molar-refractivity contribution is 5.87. The third kappa shape index (κ3) is 11.1. The van der Waals surface area contributed by atoms with E-state index in [2.05, 4.69) is 6.92 Å². The van der Waals surface area contributed by atoms with E-state index in [1.165, 1.54) is 28.1 Å². The van der Waals surface area contributed by atoms with Gasteiger partial charge in [0.2, 0.25) is 0 Å². The summed E-state index contributed by atoms with van der Waals surface area (Å²) >= 11 is 0. The van der Waals surface area contributed by atoms with Gasteiger partial charge in [-0.15, -0.1) is 0 Å². The van der Waals surface area contributed by atoms with E-state index in [1.54, 1.807) is 35.0 Å². The molecule has 470 valence electrons. The molecule has 1 unspecified atom stereocenters. The zero-order valence-corrected chi connectivity index (χ0v) is 49.3. The van der Waals surface area contributed by atoms with Crippen LogP contribution in [0.25, 0.3) is 0 Å². The van der Waals surface area contributed by atoms with Crippen molar-refractivity contribution in [1.29, 1.82) is 0 Å². The fourth-order valence-corrected chi connectivity index (χ4v) is 15.8. The molecule has 8 N–H and O–H groups in total. The van der Waals surface area contributed by atoms with Crippen LogP contribution in [-0.4, -0.2) is 252 Å². The fraction of sp³-hybridized carbons (Fsp3) is 0.930. The Balaban J connectivity index is 0.774. The molecule has 25 heteroatoms. The molecular weight excluding hydrogens is 1080 g/mol. The molecular formula is C57H92O25. The zero-order chi connectivity index (χ0) is 59.8. The largest absolute Gasteiger partial charge is 0.462 e. The lowest BCUT2D eigenvalue weighted by atomic mass is 9.42. The van der Waals surface area contributed by atoms with Crippen molar-refractivity contribution >= 4 is 11.8 Å². The molecule has 5 heterocycles. The number of rotatable bonds is 17. The summed E-state index contributed by atoms with van der Waals surface area (Å²) in [7, 11) is 6.10. The van der Waals surface area contributed by atoms with Crippen LogP contribution in [0.5, 0.6) is 0 Å². The maximum Gasteiger partial charge on any atom is 0.302 e. The van der Waals surface area contributed by atoms with Gasteiger partial charge in [-0.2, -0.15) is 0 Å². The molecule has 0 aromatic rings. The van der Waals surface area contributed by atoms with Gasteiger partial charge in [-0.3, -0.25) is 9.59 Å². The first-order valence-corrected chi connectivity index (χ1v) is 29.2. The highest BCUT2D eigenvalue weighted by atomic mass is 16.8. The first-order valence-electron chi connectivity index (χ1n) is 29.2. The summed E-state index contributed by atoms with van der Waals surface area (Å²) in [6.07, 6.45) is -17.1. The third-order valence-corrected chi connectivity index (χ3v) is 20.6. The van der Waals surface area contributed by atoms with Gasteiger partial charge in [0.25, 0.3) is 0 Å². The number of aliphatic hydroxyl groups is 8. The van der Waals surface area contributed by atoms with E-state index in [-0.39, 0.29) is 38.2 Å². The topological polar surface area (TPSA) is 334 Å². The van der Waals surface area contributed by atoms with Crippen LogP contribution < -0.4 is 0 Å². The molecule has 8 fully saturated rings. The number of carbonyl (C=O) groups is 2. The highest BCUT2D eigenvalue weighted by Gasteiger charge is 2.81. The number of ether oxygens (including phenoxy) is 15. The van der Waals surface area contributed by atoms with Gasteiger partial charge in [-0.25, -0.2) is 0 Å². The molecule has 25 nitrogen and oxygen atoms in total. The van der Waals surface area contributed by atoms with E-state index in [0.29, 0.717) is 32.1 Å². The molecule has 9 rings (SSSR count). The molecule has 9 aliphatic rings. The minimum Gasteiger partial charge on any atom is -0.462 e. The van der Waals surface area contributed by atoms with Gasteiger partial charge in [-0.05, 0) is 91.9 Å². The summed E-state index contributed by atoms with van der Waals surface area (Å²) in [4.78, 5) is 25.7. The normalized spacial score (nSPS) is 52.4. The molecule has 0 bridgehead atoms. The Morgan fingerprint density at radius 3 is 1.62 bits per heavy atom. The Hall–Kier alpha value is -2.00. The second-order valence-corrected chi connectivity index (χ2v) is 25.0. The SMILES string of the molecule is CO[C@H]1[C@@H](O)[C@H](O[C@@H]2[C@@H](C)O[C@@H](O[C@H]3[C@@H](OC)C[C@H](O[C@H]4[C@@H](OC)C[C@H](O[C@H]5CC[C@@]6(C)C(=CC[C@]7(O)[C@@H]6CC(OC(C)=O)[C@@]6(C)[C@]7(O)CC[C@]6(O)C(C)=O)C5)O[C@@H]4C)O[C@@H]3C)C[C@H]2OC)O[C@H](C)[C@H]1O[C@@H]1O[C@H](CO)[C@@H](O)[C@H](O)[C@H]1O. The van der Waals surface area contributed by atoms with E-state index >= 15 is 0 Å². The van der Waals surface area contributed by atoms with Crippen LogP contribution in [0.1, 0.15) is 120 Å². The first kappa shape index (κ1) is 64.5. The van der Waals surface area contributed by atoms with E-state index in [9.17, 15) is 50.4 Å². The average molecular weight is 1180 g/mol. The number of fused-ring (bicyclic) bond motifs is 5. The highest BCUT2D eigenvalue weighted by Crippen LogP contribution is 2.71. The van der Waals surface area contributed by atoms with Gasteiger partial charge in [0.15, 0.2) is 37.2 Å². The quantitative estimate of drug-likeness (QED) is 0.0719. The van der Waals surface area contributed by atoms with Crippen LogP contribution in [-0.2, 0) is 80.6 Å². The van der Waals surface area contributed by atoms with Crippen molar-refractivity contribution in [3.8, 4) is 0 Å². The van der Waals surface area contributed by atoms with E-state index < -0.39 is 193 Å². The molecule has 0 radical (unpaired) electrons. The van der Waals surface area contributed by atoms with Gasteiger partial charge in [-0.1, -0.05) is 18.6 Å². The number of hydrogen-bond donors (Lipinski definition) is 8. The Morgan fingerprint density at radius 1 is 0.598 bits per heavy atom. The minimum atomic E-state index is -2.01. The Morgan fingerprint density at radius 2 is 1.11 bits per heavy atom. The number of carbonyl (C=O) groups excluding carboxylic acids is 2. The van der Waals surface area contributed by atoms with E-state index in [1.807, 2.05) is 19.9 Å². The molecule has 82 heavy (non-hydrogen) atoms. The van der Waals surface area contributed by atoms with Gasteiger partial charge in [0, 0.05) is 60.5 Å². The monoisotopic (exact) mass is 1180 g/mol. The third-order valence-electron chi connectivity index (χ3n) is 20.6. The zero-order valence-electron chi connectivity index (χ0n) is 49.3. The van der Waals surface area contributed by atoms with Gasteiger partial charge < -0.3 is 112 Å². The smallest absolute Gasteiger partial charge is 0.302 e. The second kappa shape index (κ2) is 24.9. The molecule has 0 amide bonds. The number of esters is 1. The van der Waals surface area contributed by atoms with Crippen LogP contribution in [0.3, 0.4) is 0 Å². The van der Waals surface area contributed by atoms with Crippen LogP contribution in [0.15, 0.2) is 11.6 Å². The standard InChI is InChI=1S/C57H92O25/c1-25-46(33(68-9)20-39(72-25)77-32-14-15-53(7)31(19-32)13-16-56(66)37(53)23-38(76-30(6)60)54(8)55(65,29(5)59)17-18-57(54,56)67)79-40-21-34(69-10)47(26(2)73-40)80-41-22-35(70-11)48(27(3)74-41)81-52-45(64)50(71-12)49(28(4)75-52)82-51-44(63)43(62)42(61)36(24-58)78-51/h13,25-28,32-52,58,61-67H,14-24H2,1-12H3/t25-,26-,27-,28-,32+,33+,34+,35-,36-,37-,38?,39+,40+,41+,42-,43+,44-,45-,46-,47-,48-,49-,50+,51+,52+,53+,54-,55+,56+,57-/m1/s1. The molecule has 3 saturated carbocycles. The Bertz CT molecular complexity index is 2240. The number of ketones is 1. The van der Waals surface area contributed by atoms with Crippen molar-refractivity contribution < 1.29 is 121 Å². The maximum atomic E-state index is 13.1. The van der Waals surface area contributed by atoms with Gasteiger partial charge in [0.05, 0.1) is 60.9 Å². The number of Topliss-reactive ketones (excluding diaryl/α,β-unsaturated/α-hetero) is 1. The number of methoxy groups -OCH3 is 4. The molecule has 5 aliphatic heterocycles. The van der Waals surface area contributed by atoms with Crippen molar-refractivity contribution in [2.45, 2.75) is 284 Å². The second-order valence-electron chi connectivity index (χ2n) is 25.0. The maximum absolute atomic E-state index is 13.1. The molecule has 0 spiro atoms. The van der Waals surface area contributed by atoms with Crippen LogP contribution >= 0.6 is 0 Å². The van der Waals surface area contributed by atoms with Crippen LogP contribution in [0.4, 0.5) is 0 Å². The minimum absolute atomic E-state index is 0.0382. The van der Waals surface area contributed by atoms with Gasteiger partial charge in [0.1, 0.15) is 83.9 Å². The van der Waals surface area contributed by atoms with Crippen molar-refractivity contribution in [1.82, 2.24) is 0 Å². The molecule has 4 aliphatic carbocycles. The molecule has 30 atom stereocenters. The molecule has 5 saturated heterocycles. The lowest BCUT2D eigenvalue weighted by molar-refractivity contribution is -0.374. The van der Waals surface area contributed by atoms with Crippen molar-refractivity contribution in [2.75, 3.05) is 35.0 Å². The molecule has 0 aromatic heterocycles. The average Bonchev–Trinajstić information content (AvgIpc) is 3.91. The summed E-state index contributed by atoms with van der Waals surface area (Å²) in [5.41, 5.74) is -6.87. The van der Waals surface area contributed by atoms with Crippen LogP contribution in [0, 0.1) is 16.7 Å². The summed E-state index contributed by atoms with van der Waals surface area (Å²) in [5, 5.41) is 89.8. The van der Waals surface area contributed by atoms with Crippen LogP contribution in [0.2, 0.25) is 0 Å². The summed E-state index contributed by atoms with van der Waals surface area (Å²) in [5.74, 6) is -1.70. The molecule has 0 aromatic carbocycles. The van der Waals surface area contributed by atoms with E-state index in [4.69, 9.17) is 71.1 Å². The lowest BCUT2D eigenvalue weighted by Gasteiger charge is -2.67. The predicted octanol–water partition coefficient (Wildman–Crippen LogP) is 0.337. The number of hydrogen-bond acceptors (Lipinski definition) is 25. The number of aliphatic hydroxyl groups excluding tert-OH is 5. The summed E-state index contributed by atoms with van der Waals surface area (Å²) in [6, 6.07) is 0. The van der Waals surface area contributed by atoms with Gasteiger partial charge >= 0.3 is 5.97 Å². The Kier molecular flexibility index (Phi) is 19.6. The first-order chi connectivity index (χ1) is 38.7. The Labute approximate surface area is 479 Å². The summed E-state index contributed by atoms with van der Waals surface area (Å²) < 4.78 is 93.0. The summed E-state index contributed by atoms with van der Waals surface area (Å²) in [6.45, 7) is 12.8. The van der Waals surface area contributed by atoms with Crippen molar-refractivity contribution in [3.63, 3.8) is 0 Å². The van der Waals surface area contributed by atoms with Crippen molar-refractivity contribution in [2.24, 2.45) is 16.7 Å². The lowest BCUT2D eigenvalue weighted by Crippen LogP contribution is -2.78. The predicted molar refractivity (Wildman–Crippen MR) is 280 cm³/mol. The fourth-order valence-electron chi connectivity index (χ4n) is 15.8.